The van der Waals surface area contributed by atoms with Crippen molar-refractivity contribution < 1.29 is 22.6 Å². The van der Waals surface area contributed by atoms with Crippen molar-refractivity contribution in [1.82, 2.24) is 9.97 Å². The Balaban J connectivity index is 2.26. The second-order valence-electron chi connectivity index (χ2n) is 4.30. The molecule has 2 aromatic rings. The number of rotatable bonds is 5. The fourth-order valence-corrected chi connectivity index (χ4v) is 1.98. The minimum Gasteiger partial charge on any atom is -0.406 e. The number of aromatic nitrogens is 2. The summed E-state index contributed by atoms with van der Waals surface area (Å²) in [5, 5.41) is 0. The smallest absolute Gasteiger partial charge is 0.406 e. The molecule has 0 aliphatic heterocycles. The van der Waals surface area contributed by atoms with Gasteiger partial charge in [-0.1, -0.05) is 0 Å². The van der Waals surface area contributed by atoms with Crippen LogP contribution in [0.1, 0.15) is 11.3 Å². The summed E-state index contributed by atoms with van der Waals surface area (Å²) in [7, 11) is 1.53. The number of hydrogen-bond acceptors (Lipinski definition) is 4. The van der Waals surface area contributed by atoms with Crippen LogP contribution < -0.4 is 4.74 Å². The van der Waals surface area contributed by atoms with Crippen molar-refractivity contribution in [2.75, 3.05) is 7.11 Å². The van der Waals surface area contributed by atoms with Crippen LogP contribution in [-0.4, -0.2) is 23.4 Å². The van der Waals surface area contributed by atoms with E-state index in [2.05, 4.69) is 14.7 Å². The average molecular weight is 333 g/mol. The lowest BCUT2D eigenvalue weighted by Gasteiger charge is -2.10. The zero-order valence-electron chi connectivity index (χ0n) is 11.5. The minimum atomic E-state index is -4.72. The van der Waals surface area contributed by atoms with E-state index in [4.69, 9.17) is 16.3 Å². The summed E-state index contributed by atoms with van der Waals surface area (Å²) in [6.45, 7) is 0.271. The Morgan fingerprint density at radius 1 is 1.18 bits per heavy atom. The van der Waals surface area contributed by atoms with Crippen molar-refractivity contribution in [2.24, 2.45) is 0 Å². The first-order chi connectivity index (χ1) is 10.4. The Bertz CT molecular complexity index is 633. The molecule has 0 aliphatic carbocycles. The summed E-state index contributed by atoms with van der Waals surface area (Å²) in [5.41, 5.74) is 1.94. The Morgan fingerprint density at radius 2 is 1.86 bits per heavy atom. The van der Waals surface area contributed by atoms with Gasteiger partial charge in [-0.25, -0.2) is 9.97 Å². The highest BCUT2D eigenvalue weighted by Crippen LogP contribution is 2.25. The van der Waals surface area contributed by atoms with Gasteiger partial charge in [0, 0.05) is 24.4 Å². The Morgan fingerprint density at radius 3 is 2.41 bits per heavy atom. The number of alkyl halides is 4. The van der Waals surface area contributed by atoms with Crippen molar-refractivity contribution in [3.8, 4) is 17.1 Å². The molecule has 0 N–H and O–H groups in total. The molecule has 22 heavy (non-hydrogen) atoms. The van der Waals surface area contributed by atoms with Crippen LogP contribution in [0.2, 0.25) is 0 Å². The molecule has 2 rings (SSSR count). The molecule has 118 valence electrons. The van der Waals surface area contributed by atoms with Gasteiger partial charge in [0.1, 0.15) is 5.75 Å². The lowest BCUT2D eigenvalue weighted by atomic mass is 10.2. The topological polar surface area (TPSA) is 44.2 Å². The zero-order chi connectivity index (χ0) is 16.2. The van der Waals surface area contributed by atoms with Gasteiger partial charge in [0.05, 0.1) is 18.2 Å². The molecule has 0 aliphatic rings. The van der Waals surface area contributed by atoms with E-state index < -0.39 is 6.36 Å². The van der Waals surface area contributed by atoms with Gasteiger partial charge in [-0.3, -0.25) is 0 Å². The number of hydrogen-bond donors (Lipinski definition) is 0. The van der Waals surface area contributed by atoms with E-state index in [0.717, 1.165) is 5.56 Å². The lowest BCUT2D eigenvalue weighted by molar-refractivity contribution is -0.274. The highest BCUT2D eigenvalue weighted by molar-refractivity contribution is 6.17. The van der Waals surface area contributed by atoms with E-state index in [1.54, 1.807) is 6.20 Å². The largest absolute Gasteiger partial charge is 0.573 e. The van der Waals surface area contributed by atoms with Crippen LogP contribution in [0.5, 0.6) is 5.75 Å². The maximum absolute atomic E-state index is 12.1. The summed E-state index contributed by atoms with van der Waals surface area (Å²) < 4.78 is 45.2. The third-order valence-corrected chi connectivity index (χ3v) is 3.01. The van der Waals surface area contributed by atoms with Crippen LogP contribution in [0.15, 0.2) is 30.5 Å². The lowest BCUT2D eigenvalue weighted by Crippen LogP contribution is -2.16. The molecule has 0 spiro atoms. The van der Waals surface area contributed by atoms with E-state index in [1.165, 1.54) is 31.4 Å². The fraction of sp³-hybridized carbons (Fsp3) is 0.286. The Labute approximate surface area is 129 Å². The first-order valence-corrected chi connectivity index (χ1v) is 6.72. The average Bonchev–Trinajstić information content (AvgIpc) is 2.47. The highest BCUT2D eigenvalue weighted by Gasteiger charge is 2.31. The first kappa shape index (κ1) is 16.5. The molecule has 0 radical (unpaired) electrons. The normalized spacial score (nSPS) is 11.5. The van der Waals surface area contributed by atoms with Crippen LogP contribution in [0.25, 0.3) is 11.4 Å². The molecule has 0 bridgehead atoms. The third kappa shape index (κ3) is 4.32. The summed E-state index contributed by atoms with van der Waals surface area (Å²) in [4.78, 5) is 8.48. The van der Waals surface area contributed by atoms with Crippen molar-refractivity contribution in [1.29, 1.82) is 0 Å². The highest BCUT2D eigenvalue weighted by atomic mass is 35.5. The number of nitrogens with zero attached hydrogens (tertiary/aromatic N) is 2. The van der Waals surface area contributed by atoms with E-state index in [-0.39, 0.29) is 18.2 Å². The molecule has 0 fully saturated rings. The van der Waals surface area contributed by atoms with Crippen molar-refractivity contribution >= 4 is 11.6 Å². The van der Waals surface area contributed by atoms with Gasteiger partial charge < -0.3 is 9.47 Å². The summed E-state index contributed by atoms with van der Waals surface area (Å²) in [5.74, 6) is 0.322. The van der Waals surface area contributed by atoms with Gasteiger partial charge in [-0.15, -0.1) is 24.8 Å². The molecule has 1 aromatic carbocycles. The quantitative estimate of drug-likeness (QED) is 0.778. The van der Waals surface area contributed by atoms with Crippen LogP contribution in [-0.2, 0) is 17.2 Å². The molecule has 1 aromatic heterocycles. The van der Waals surface area contributed by atoms with Crippen LogP contribution >= 0.6 is 11.6 Å². The fourth-order valence-electron chi connectivity index (χ4n) is 1.76. The monoisotopic (exact) mass is 332 g/mol. The minimum absolute atomic E-state index is 0.247. The summed E-state index contributed by atoms with van der Waals surface area (Å²) >= 11 is 5.79. The van der Waals surface area contributed by atoms with Gasteiger partial charge >= 0.3 is 6.36 Å². The molecule has 4 nitrogen and oxygen atoms in total. The second-order valence-corrected chi connectivity index (χ2v) is 4.57. The summed E-state index contributed by atoms with van der Waals surface area (Å²) in [6, 6.07) is 5.32. The predicted octanol–water partition coefficient (Wildman–Crippen LogP) is 3.93. The third-order valence-electron chi connectivity index (χ3n) is 2.73. The Kier molecular flexibility index (Phi) is 5.20. The molecular formula is C14H12ClF3N2O2. The molecule has 0 saturated heterocycles. The van der Waals surface area contributed by atoms with Crippen LogP contribution in [0.3, 0.4) is 0 Å². The van der Waals surface area contributed by atoms with E-state index >= 15 is 0 Å². The number of methoxy groups -OCH3 is 1. The molecule has 0 amide bonds. The van der Waals surface area contributed by atoms with Gasteiger partial charge in [-0.05, 0) is 24.3 Å². The maximum atomic E-state index is 12.1. The molecule has 0 saturated carbocycles. The van der Waals surface area contributed by atoms with Crippen molar-refractivity contribution in [3.63, 3.8) is 0 Å². The molecule has 1 heterocycles. The van der Waals surface area contributed by atoms with Crippen molar-refractivity contribution in [2.45, 2.75) is 18.8 Å². The molecular weight excluding hydrogens is 321 g/mol. The second kappa shape index (κ2) is 6.93. The SMILES string of the molecule is COCc1nc(-c2ccc(OC(F)(F)F)cc2)ncc1CCl. The van der Waals surface area contributed by atoms with Crippen LogP contribution in [0, 0.1) is 0 Å². The molecule has 0 atom stereocenters. The van der Waals surface area contributed by atoms with E-state index in [0.29, 0.717) is 17.1 Å². The van der Waals surface area contributed by atoms with Gasteiger partial charge in [0.15, 0.2) is 5.82 Å². The molecule has 0 unspecified atom stereocenters. The number of ether oxygens (including phenoxy) is 2. The predicted molar refractivity (Wildman–Crippen MR) is 74.4 cm³/mol. The Hall–Kier alpha value is -1.86. The number of benzene rings is 1. The van der Waals surface area contributed by atoms with Gasteiger partial charge in [0.2, 0.25) is 0 Å². The van der Waals surface area contributed by atoms with Gasteiger partial charge in [-0.2, -0.15) is 0 Å². The van der Waals surface area contributed by atoms with E-state index in [1.807, 2.05) is 0 Å². The zero-order valence-corrected chi connectivity index (χ0v) is 12.3. The van der Waals surface area contributed by atoms with Crippen LogP contribution in [0.4, 0.5) is 13.2 Å². The maximum Gasteiger partial charge on any atom is 0.573 e. The van der Waals surface area contributed by atoms with Gasteiger partial charge in [0.25, 0.3) is 0 Å². The first-order valence-electron chi connectivity index (χ1n) is 6.19. The van der Waals surface area contributed by atoms with Crippen molar-refractivity contribution in [3.05, 3.63) is 41.7 Å². The standard InChI is InChI=1S/C14H12ClF3N2O2/c1-21-8-12-10(6-15)7-19-13(20-12)9-2-4-11(5-3-9)22-14(16,17)18/h2-5,7H,6,8H2,1H3. The number of halogens is 4. The molecule has 8 heteroatoms. The van der Waals surface area contributed by atoms with E-state index in [9.17, 15) is 13.2 Å². The summed E-state index contributed by atoms with van der Waals surface area (Å²) in [6.07, 6.45) is -3.14.